The first-order valence-corrected chi connectivity index (χ1v) is 11.6. The van der Waals surface area contributed by atoms with Gasteiger partial charge in [0, 0.05) is 13.5 Å². The molecule has 0 aliphatic heterocycles. The van der Waals surface area contributed by atoms with E-state index in [-0.39, 0.29) is 12.0 Å². The Morgan fingerprint density at radius 3 is 2.88 bits per heavy atom. The van der Waals surface area contributed by atoms with Crippen molar-refractivity contribution in [1.29, 1.82) is 0 Å². The van der Waals surface area contributed by atoms with Crippen LogP contribution in [-0.4, -0.2) is 47.3 Å². The van der Waals surface area contributed by atoms with Crippen LogP contribution in [-0.2, 0) is 24.8 Å². The van der Waals surface area contributed by atoms with Crippen molar-refractivity contribution in [3.8, 4) is 17.1 Å². The molecule has 11 nitrogen and oxygen atoms in total. The number of carboxylic acid groups (broad SMARTS) is 1. The number of aliphatic carboxylic acids is 1. The molecular weight excluding hydrogens is 438 g/mol. The first-order valence-electron chi connectivity index (χ1n) is 11.6. The topological polar surface area (TPSA) is 141 Å². The lowest BCUT2D eigenvalue weighted by atomic mass is 9.87. The Bertz CT molecular complexity index is 1140. The summed E-state index contributed by atoms with van der Waals surface area (Å²) in [6.45, 7) is 6.47. The number of nitrogens with one attached hydrogen (secondary N) is 1. The normalized spacial score (nSPS) is 18.3. The summed E-state index contributed by atoms with van der Waals surface area (Å²) in [5.74, 6) is 0.671. The maximum absolute atomic E-state index is 11.3. The van der Waals surface area contributed by atoms with Gasteiger partial charge in [-0.1, -0.05) is 24.2 Å². The number of carbonyl (C=O) groups is 1. The average molecular weight is 470 g/mol. The summed E-state index contributed by atoms with van der Waals surface area (Å²) < 4.78 is 13.1. The van der Waals surface area contributed by atoms with Gasteiger partial charge in [-0.2, -0.15) is 4.98 Å². The lowest BCUT2D eigenvalue weighted by Gasteiger charge is -2.27. The molecule has 0 amide bonds. The number of ether oxygens (including phenoxy) is 1. The molecule has 0 radical (unpaired) electrons. The van der Waals surface area contributed by atoms with Gasteiger partial charge in [0.1, 0.15) is 11.4 Å². The quantitative estimate of drug-likeness (QED) is 0.479. The minimum Gasteiger partial charge on any atom is -0.489 e. The maximum Gasteiger partial charge on any atom is 0.321 e. The zero-order chi connectivity index (χ0) is 24.2. The number of rotatable bonds is 9. The molecule has 182 valence electrons. The molecule has 3 aromatic rings. The van der Waals surface area contributed by atoms with Crippen LogP contribution in [0.2, 0.25) is 0 Å². The van der Waals surface area contributed by atoms with Gasteiger partial charge in [0.05, 0.1) is 35.6 Å². The summed E-state index contributed by atoms with van der Waals surface area (Å²) in [4.78, 5) is 20.4. The third-order valence-electron chi connectivity index (χ3n) is 5.96. The lowest BCUT2D eigenvalue weighted by molar-refractivity contribution is -0.143. The summed E-state index contributed by atoms with van der Waals surface area (Å²) >= 11 is 0. The highest BCUT2D eigenvalue weighted by Crippen LogP contribution is 2.30. The zero-order valence-corrected chi connectivity index (χ0v) is 20.0. The number of nitrogens with zero attached hydrogens (tertiary/aromatic N) is 6. The SMILES string of the molecule is Cc1nc(-c2nnn(C)c2CNc2nc(CC(C)C)no2)ccc1O[C@H]1CCC[C@H](C(=O)O)C1. The summed E-state index contributed by atoms with van der Waals surface area (Å²) in [5, 5.41) is 24.9. The van der Waals surface area contributed by atoms with Crippen molar-refractivity contribution < 1.29 is 19.2 Å². The fourth-order valence-electron chi connectivity index (χ4n) is 4.17. The van der Waals surface area contributed by atoms with Crippen LogP contribution in [0, 0.1) is 18.8 Å². The van der Waals surface area contributed by atoms with Gasteiger partial charge in [-0.05, 0) is 50.7 Å². The Morgan fingerprint density at radius 2 is 2.15 bits per heavy atom. The van der Waals surface area contributed by atoms with Gasteiger partial charge in [0.2, 0.25) is 0 Å². The van der Waals surface area contributed by atoms with Crippen molar-refractivity contribution in [3.05, 3.63) is 29.3 Å². The van der Waals surface area contributed by atoms with Crippen molar-refractivity contribution >= 4 is 12.0 Å². The molecule has 0 aromatic carbocycles. The molecule has 3 aromatic heterocycles. The van der Waals surface area contributed by atoms with E-state index in [1.165, 1.54) is 0 Å². The molecule has 2 N–H and O–H groups in total. The molecule has 0 unspecified atom stereocenters. The van der Waals surface area contributed by atoms with Crippen LogP contribution in [0.3, 0.4) is 0 Å². The van der Waals surface area contributed by atoms with Crippen molar-refractivity contribution in [1.82, 2.24) is 30.1 Å². The van der Waals surface area contributed by atoms with Crippen LogP contribution in [0.4, 0.5) is 6.01 Å². The molecule has 1 saturated carbocycles. The molecule has 1 aliphatic carbocycles. The van der Waals surface area contributed by atoms with Crippen LogP contribution < -0.4 is 10.1 Å². The Hall–Kier alpha value is -3.50. The minimum atomic E-state index is -0.751. The molecule has 0 bridgehead atoms. The van der Waals surface area contributed by atoms with E-state index < -0.39 is 5.97 Å². The van der Waals surface area contributed by atoms with Crippen LogP contribution in [0.25, 0.3) is 11.4 Å². The molecule has 34 heavy (non-hydrogen) atoms. The third-order valence-corrected chi connectivity index (χ3v) is 5.96. The van der Waals surface area contributed by atoms with E-state index in [1.807, 2.05) is 26.1 Å². The molecule has 2 atom stereocenters. The van der Waals surface area contributed by atoms with Crippen molar-refractivity contribution in [2.45, 2.75) is 65.5 Å². The molecule has 11 heteroatoms. The van der Waals surface area contributed by atoms with Crippen LogP contribution in [0.15, 0.2) is 16.7 Å². The minimum absolute atomic E-state index is 0.118. The van der Waals surface area contributed by atoms with Gasteiger partial charge in [-0.3, -0.25) is 4.79 Å². The van der Waals surface area contributed by atoms with E-state index in [2.05, 4.69) is 39.6 Å². The second-order valence-electron chi connectivity index (χ2n) is 9.20. The molecule has 1 fully saturated rings. The largest absolute Gasteiger partial charge is 0.489 e. The number of aryl methyl sites for hydroxylation is 2. The first-order chi connectivity index (χ1) is 16.3. The van der Waals surface area contributed by atoms with Crippen LogP contribution in [0.5, 0.6) is 5.75 Å². The predicted molar refractivity (Wildman–Crippen MR) is 123 cm³/mol. The number of pyridine rings is 1. The van der Waals surface area contributed by atoms with Crippen molar-refractivity contribution in [2.24, 2.45) is 18.9 Å². The highest BCUT2D eigenvalue weighted by atomic mass is 16.5. The monoisotopic (exact) mass is 469 g/mol. The standard InChI is InChI=1S/C23H31N7O4/c1-13(2)10-20-26-23(34-28-20)24-12-18-21(27-29-30(18)4)17-8-9-19(14(3)25-17)33-16-7-5-6-15(11-16)22(31)32/h8-9,13,15-16H,5-7,10-12H2,1-4H3,(H,31,32)(H,24,26,28)/t15-,16-/m0/s1. The Balaban J connectivity index is 1.45. The third kappa shape index (κ3) is 5.52. The fraction of sp³-hybridized carbons (Fsp3) is 0.565. The van der Waals surface area contributed by atoms with Gasteiger partial charge < -0.3 is 19.7 Å². The summed E-state index contributed by atoms with van der Waals surface area (Å²) in [6, 6.07) is 4.06. The Kier molecular flexibility index (Phi) is 7.09. The van der Waals surface area contributed by atoms with Gasteiger partial charge in [0.15, 0.2) is 5.82 Å². The molecule has 4 rings (SSSR count). The highest BCUT2D eigenvalue weighted by molar-refractivity contribution is 5.70. The predicted octanol–water partition coefficient (Wildman–Crippen LogP) is 3.40. The smallest absolute Gasteiger partial charge is 0.321 e. The fourth-order valence-corrected chi connectivity index (χ4v) is 4.17. The Morgan fingerprint density at radius 1 is 1.32 bits per heavy atom. The van der Waals surface area contributed by atoms with Gasteiger partial charge in [-0.25, -0.2) is 9.67 Å². The van der Waals surface area contributed by atoms with Gasteiger partial charge in [-0.15, -0.1) is 5.10 Å². The number of aromatic nitrogens is 6. The van der Waals surface area contributed by atoms with E-state index >= 15 is 0 Å². The van der Waals surface area contributed by atoms with Crippen LogP contribution in [0.1, 0.15) is 56.7 Å². The second kappa shape index (κ2) is 10.2. The van der Waals surface area contributed by atoms with Gasteiger partial charge >= 0.3 is 12.0 Å². The van der Waals surface area contributed by atoms with Crippen molar-refractivity contribution in [2.75, 3.05) is 5.32 Å². The summed E-state index contributed by atoms with van der Waals surface area (Å²) in [7, 11) is 1.82. The van der Waals surface area contributed by atoms with E-state index in [1.54, 1.807) is 4.68 Å². The highest BCUT2D eigenvalue weighted by Gasteiger charge is 2.28. The lowest BCUT2D eigenvalue weighted by Crippen LogP contribution is -2.29. The second-order valence-corrected chi connectivity index (χ2v) is 9.20. The van der Waals surface area contributed by atoms with E-state index in [0.29, 0.717) is 54.3 Å². The number of anilines is 1. The van der Waals surface area contributed by atoms with Crippen LogP contribution >= 0.6 is 0 Å². The summed E-state index contributed by atoms with van der Waals surface area (Å²) in [5.41, 5.74) is 2.86. The molecule has 0 saturated heterocycles. The molecular formula is C23H31N7O4. The van der Waals surface area contributed by atoms with Gasteiger partial charge in [0.25, 0.3) is 0 Å². The summed E-state index contributed by atoms with van der Waals surface area (Å²) in [6.07, 6.45) is 3.55. The average Bonchev–Trinajstić information content (AvgIpc) is 3.39. The number of carboxylic acids is 1. The number of hydrogen-bond donors (Lipinski definition) is 2. The van der Waals surface area contributed by atoms with E-state index in [4.69, 9.17) is 14.2 Å². The first kappa shape index (κ1) is 23.7. The number of hydrogen-bond acceptors (Lipinski definition) is 9. The molecule has 3 heterocycles. The zero-order valence-electron chi connectivity index (χ0n) is 20.0. The molecule has 1 aliphatic rings. The van der Waals surface area contributed by atoms with Crippen molar-refractivity contribution in [3.63, 3.8) is 0 Å². The Labute approximate surface area is 197 Å². The van der Waals surface area contributed by atoms with E-state index in [0.717, 1.165) is 30.7 Å². The van der Waals surface area contributed by atoms with E-state index in [9.17, 15) is 9.90 Å². The molecule has 0 spiro atoms. The maximum atomic E-state index is 11.3.